The predicted molar refractivity (Wildman–Crippen MR) is 114 cm³/mol. The number of hydrogen-bond acceptors (Lipinski definition) is 4. The summed E-state index contributed by atoms with van der Waals surface area (Å²) in [6, 6.07) is 15.8. The van der Waals surface area contributed by atoms with Crippen LogP contribution in [-0.2, 0) is 9.53 Å². The van der Waals surface area contributed by atoms with Crippen molar-refractivity contribution in [3.05, 3.63) is 59.7 Å². The summed E-state index contributed by atoms with van der Waals surface area (Å²) in [5, 5.41) is 0. The maximum absolute atomic E-state index is 13.0. The molecule has 2 aromatic rings. The fraction of sp³-hybridized carbons (Fsp3) is 0.417. The predicted octanol–water partition coefficient (Wildman–Crippen LogP) is 2.96. The molecule has 0 bridgehead atoms. The Balaban J connectivity index is 1.31. The van der Waals surface area contributed by atoms with Gasteiger partial charge in [-0.15, -0.1) is 0 Å². The van der Waals surface area contributed by atoms with Crippen molar-refractivity contribution < 1.29 is 14.3 Å². The standard InChI is InChI=1S/C24H27N3O3/c25-16-13-22(23(28)26-11-5-6-12-26)27(14-16)24(29)30-15-21-19-9-3-1-7-17(19)18-8-2-4-10-20(18)21/h1-4,7-10,16,21-22H,5-6,11-15,25H2. The number of rotatable bonds is 3. The van der Waals surface area contributed by atoms with Crippen molar-refractivity contribution in [1.82, 2.24) is 9.80 Å². The van der Waals surface area contributed by atoms with Crippen LogP contribution in [0.2, 0.25) is 0 Å². The molecule has 2 amide bonds. The molecular formula is C24H27N3O3. The van der Waals surface area contributed by atoms with Crippen LogP contribution in [0.25, 0.3) is 11.1 Å². The lowest BCUT2D eigenvalue weighted by Crippen LogP contribution is -2.47. The van der Waals surface area contributed by atoms with Crippen LogP contribution in [0.15, 0.2) is 48.5 Å². The minimum absolute atomic E-state index is 0.00496. The number of amides is 2. The smallest absolute Gasteiger partial charge is 0.410 e. The number of fused-ring (bicyclic) bond motifs is 3. The van der Waals surface area contributed by atoms with Crippen molar-refractivity contribution in [1.29, 1.82) is 0 Å². The van der Waals surface area contributed by atoms with Crippen LogP contribution in [-0.4, -0.2) is 60.1 Å². The monoisotopic (exact) mass is 405 g/mol. The zero-order valence-corrected chi connectivity index (χ0v) is 17.0. The lowest BCUT2D eigenvalue weighted by Gasteiger charge is -2.27. The molecule has 0 radical (unpaired) electrons. The summed E-state index contributed by atoms with van der Waals surface area (Å²) < 4.78 is 5.78. The lowest BCUT2D eigenvalue weighted by atomic mass is 9.98. The molecule has 2 atom stereocenters. The minimum Gasteiger partial charge on any atom is -0.448 e. The molecule has 0 saturated carbocycles. The largest absolute Gasteiger partial charge is 0.448 e. The van der Waals surface area contributed by atoms with Crippen LogP contribution in [0.4, 0.5) is 4.79 Å². The molecule has 2 fully saturated rings. The van der Waals surface area contributed by atoms with E-state index in [4.69, 9.17) is 10.5 Å². The van der Waals surface area contributed by atoms with Gasteiger partial charge in [-0.05, 0) is 41.5 Å². The van der Waals surface area contributed by atoms with Gasteiger partial charge in [0.2, 0.25) is 5.91 Å². The molecule has 2 aromatic carbocycles. The summed E-state index contributed by atoms with van der Waals surface area (Å²) in [6.07, 6.45) is 2.10. The number of ether oxygens (including phenoxy) is 1. The molecule has 6 heteroatoms. The molecule has 1 aliphatic carbocycles. The summed E-state index contributed by atoms with van der Waals surface area (Å²) in [5.74, 6) is 0.0133. The number of likely N-dealkylation sites (tertiary alicyclic amines) is 2. The quantitative estimate of drug-likeness (QED) is 0.852. The Hall–Kier alpha value is -2.86. The highest BCUT2D eigenvalue weighted by molar-refractivity contribution is 5.87. The molecule has 2 aliphatic heterocycles. The third kappa shape index (κ3) is 3.25. The third-order valence-electron chi connectivity index (χ3n) is 6.61. The van der Waals surface area contributed by atoms with E-state index in [1.54, 1.807) is 0 Å². The second kappa shape index (κ2) is 7.76. The van der Waals surface area contributed by atoms with Crippen molar-refractivity contribution in [2.45, 2.75) is 37.3 Å². The van der Waals surface area contributed by atoms with E-state index in [0.29, 0.717) is 13.0 Å². The first-order valence-electron chi connectivity index (χ1n) is 10.8. The number of carbonyl (C=O) groups excluding carboxylic acids is 2. The van der Waals surface area contributed by atoms with Crippen LogP contribution in [0.1, 0.15) is 36.3 Å². The Morgan fingerprint density at radius 3 is 2.20 bits per heavy atom. The highest BCUT2D eigenvalue weighted by Gasteiger charge is 2.42. The van der Waals surface area contributed by atoms with Crippen molar-refractivity contribution in [2.75, 3.05) is 26.2 Å². The van der Waals surface area contributed by atoms with Crippen molar-refractivity contribution in [3.8, 4) is 11.1 Å². The third-order valence-corrected chi connectivity index (χ3v) is 6.61. The van der Waals surface area contributed by atoms with Crippen LogP contribution in [0.5, 0.6) is 0 Å². The van der Waals surface area contributed by atoms with Crippen LogP contribution < -0.4 is 5.73 Å². The summed E-state index contributed by atoms with van der Waals surface area (Å²) in [6.45, 7) is 2.15. The Labute approximate surface area is 176 Å². The molecule has 0 spiro atoms. The Kier molecular flexibility index (Phi) is 4.95. The van der Waals surface area contributed by atoms with Gasteiger partial charge in [0.05, 0.1) is 0 Å². The fourth-order valence-corrected chi connectivity index (χ4v) is 5.13. The first-order valence-corrected chi connectivity index (χ1v) is 10.8. The number of hydrogen-bond donors (Lipinski definition) is 1. The summed E-state index contributed by atoms with van der Waals surface area (Å²) >= 11 is 0. The van der Waals surface area contributed by atoms with Gasteiger partial charge in [0.15, 0.2) is 0 Å². The summed E-state index contributed by atoms with van der Waals surface area (Å²) in [5.41, 5.74) is 10.9. The average molecular weight is 405 g/mol. The molecule has 2 unspecified atom stereocenters. The van der Waals surface area contributed by atoms with Gasteiger partial charge in [0.25, 0.3) is 0 Å². The molecular weight excluding hydrogens is 378 g/mol. The highest BCUT2D eigenvalue weighted by Crippen LogP contribution is 2.44. The first-order chi connectivity index (χ1) is 14.6. The zero-order chi connectivity index (χ0) is 20.7. The van der Waals surface area contributed by atoms with Gasteiger partial charge in [-0.3, -0.25) is 9.69 Å². The molecule has 2 N–H and O–H groups in total. The van der Waals surface area contributed by atoms with Gasteiger partial charge in [0.1, 0.15) is 12.6 Å². The van der Waals surface area contributed by atoms with Gasteiger partial charge in [-0.25, -0.2) is 4.79 Å². The van der Waals surface area contributed by atoms with E-state index in [9.17, 15) is 9.59 Å². The van der Waals surface area contributed by atoms with Gasteiger partial charge in [-0.2, -0.15) is 0 Å². The molecule has 2 saturated heterocycles. The van der Waals surface area contributed by atoms with E-state index in [-0.39, 0.29) is 24.5 Å². The van der Waals surface area contributed by atoms with Gasteiger partial charge >= 0.3 is 6.09 Å². The highest BCUT2D eigenvalue weighted by atomic mass is 16.6. The van der Waals surface area contributed by atoms with Gasteiger partial charge < -0.3 is 15.4 Å². The van der Waals surface area contributed by atoms with Crippen molar-refractivity contribution >= 4 is 12.0 Å². The molecule has 5 rings (SSSR count). The van der Waals surface area contributed by atoms with E-state index in [1.165, 1.54) is 27.2 Å². The summed E-state index contributed by atoms with van der Waals surface area (Å²) in [4.78, 5) is 29.3. The maximum Gasteiger partial charge on any atom is 0.410 e. The number of nitrogens with zero attached hydrogens (tertiary/aromatic N) is 2. The average Bonchev–Trinajstić information content (AvgIpc) is 3.50. The normalized spacial score (nSPS) is 22.8. The second-order valence-corrected chi connectivity index (χ2v) is 8.50. The van der Waals surface area contributed by atoms with E-state index >= 15 is 0 Å². The van der Waals surface area contributed by atoms with E-state index in [2.05, 4.69) is 24.3 Å². The van der Waals surface area contributed by atoms with Crippen molar-refractivity contribution in [2.24, 2.45) is 5.73 Å². The Bertz CT molecular complexity index is 924. The molecule has 3 aliphatic rings. The lowest BCUT2D eigenvalue weighted by molar-refractivity contribution is -0.134. The van der Waals surface area contributed by atoms with E-state index in [0.717, 1.165) is 25.9 Å². The summed E-state index contributed by atoms with van der Waals surface area (Å²) in [7, 11) is 0. The Morgan fingerprint density at radius 1 is 0.967 bits per heavy atom. The van der Waals surface area contributed by atoms with Crippen LogP contribution in [0.3, 0.4) is 0 Å². The van der Waals surface area contributed by atoms with Gasteiger partial charge in [0, 0.05) is 31.6 Å². The maximum atomic E-state index is 13.0. The van der Waals surface area contributed by atoms with Crippen LogP contribution in [0, 0.1) is 0 Å². The minimum atomic E-state index is -0.506. The van der Waals surface area contributed by atoms with Crippen LogP contribution >= 0.6 is 0 Å². The number of nitrogens with two attached hydrogens (primary N) is 1. The molecule has 156 valence electrons. The molecule has 2 heterocycles. The number of benzene rings is 2. The second-order valence-electron chi connectivity index (χ2n) is 8.50. The SMILES string of the molecule is NC1CC(C(=O)N2CCCC2)N(C(=O)OCC2c3ccccc3-c3ccccc32)C1. The van der Waals surface area contributed by atoms with E-state index < -0.39 is 12.1 Å². The van der Waals surface area contributed by atoms with Crippen molar-refractivity contribution in [3.63, 3.8) is 0 Å². The molecule has 30 heavy (non-hydrogen) atoms. The Morgan fingerprint density at radius 2 is 1.57 bits per heavy atom. The van der Waals surface area contributed by atoms with E-state index in [1.807, 2.05) is 29.2 Å². The zero-order valence-electron chi connectivity index (χ0n) is 17.0. The first kappa shape index (κ1) is 19.1. The molecule has 0 aromatic heterocycles. The number of carbonyl (C=O) groups is 2. The topological polar surface area (TPSA) is 75.9 Å². The fourth-order valence-electron chi connectivity index (χ4n) is 5.13. The molecule has 6 nitrogen and oxygen atoms in total. The van der Waals surface area contributed by atoms with Gasteiger partial charge in [-0.1, -0.05) is 48.5 Å².